The van der Waals surface area contributed by atoms with Crippen molar-refractivity contribution in [2.24, 2.45) is 5.73 Å². The summed E-state index contributed by atoms with van der Waals surface area (Å²) in [6, 6.07) is 3.26. The van der Waals surface area contributed by atoms with Crippen LogP contribution in [0.4, 0.5) is 10.1 Å². The van der Waals surface area contributed by atoms with E-state index in [2.05, 4.69) is 6.58 Å². The van der Waals surface area contributed by atoms with Crippen LogP contribution in [0.1, 0.15) is 18.0 Å². The second-order valence-electron chi connectivity index (χ2n) is 3.10. The predicted molar refractivity (Wildman–Crippen MR) is 54.8 cm³/mol. The standard InChI is InChI=1S/C10H11FN2O2/c1-2-3-9(12)7-4-5-8(11)10(6-7)13(14)15/h2,4-6,9H,1,3,12H2/t9-/m0/s1. The Morgan fingerprint density at radius 3 is 2.87 bits per heavy atom. The summed E-state index contributed by atoms with van der Waals surface area (Å²) < 4.78 is 13.0. The van der Waals surface area contributed by atoms with Gasteiger partial charge in [-0.1, -0.05) is 12.1 Å². The van der Waals surface area contributed by atoms with Gasteiger partial charge >= 0.3 is 5.69 Å². The molecule has 1 aromatic rings. The molecule has 0 aromatic heterocycles. The van der Waals surface area contributed by atoms with Crippen molar-refractivity contribution < 1.29 is 9.31 Å². The number of nitro benzene ring substituents is 1. The molecule has 0 radical (unpaired) electrons. The van der Waals surface area contributed by atoms with Gasteiger partial charge in [0.05, 0.1) is 4.92 Å². The Hall–Kier alpha value is -1.75. The van der Waals surface area contributed by atoms with Crippen LogP contribution in [0.25, 0.3) is 0 Å². The topological polar surface area (TPSA) is 69.2 Å². The molecule has 0 fully saturated rings. The molecule has 0 saturated carbocycles. The Kier molecular flexibility index (Phi) is 3.51. The highest BCUT2D eigenvalue weighted by atomic mass is 19.1. The highest BCUT2D eigenvalue weighted by Gasteiger charge is 2.16. The molecule has 1 atom stereocenters. The maximum Gasteiger partial charge on any atom is 0.305 e. The molecule has 0 saturated heterocycles. The third-order valence-corrected chi connectivity index (χ3v) is 2.02. The molecule has 0 bridgehead atoms. The van der Waals surface area contributed by atoms with Crippen molar-refractivity contribution in [3.05, 3.63) is 52.3 Å². The van der Waals surface area contributed by atoms with Gasteiger partial charge < -0.3 is 5.73 Å². The lowest BCUT2D eigenvalue weighted by atomic mass is 10.0. The molecule has 5 heteroatoms. The van der Waals surface area contributed by atoms with Crippen LogP contribution in [0.3, 0.4) is 0 Å². The smallest absolute Gasteiger partial charge is 0.305 e. The number of nitrogens with zero attached hydrogens (tertiary/aromatic N) is 1. The van der Waals surface area contributed by atoms with Crippen molar-refractivity contribution in [3.8, 4) is 0 Å². The number of benzene rings is 1. The quantitative estimate of drug-likeness (QED) is 0.471. The van der Waals surface area contributed by atoms with Crippen LogP contribution < -0.4 is 5.73 Å². The van der Waals surface area contributed by atoms with E-state index < -0.39 is 16.4 Å². The predicted octanol–water partition coefficient (Wildman–Crippen LogP) is 2.31. The maximum atomic E-state index is 13.0. The fourth-order valence-electron chi connectivity index (χ4n) is 1.22. The first-order chi connectivity index (χ1) is 7.06. The Morgan fingerprint density at radius 1 is 1.67 bits per heavy atom. The van der Waals surface area contributed by atoms with Gasteiger partial charge in [-0.25, -0.2) is 0 Å². The molecule has 0 amide bonds. The first kappa shape index (κ1) is 11.3. The first-order valence-corrected chi connectivity index (χ1v) is 4.36. The van der Waals surface area contributed by atoms with Gasteiger partial charge in [-0.15, -0.1) is 6.58 Å². The molecule has 0 aliphatic heterocycles. The van der Waals surface area contributed by atoms with Gasteiger partial charge in [0.25, 0.3) is 0 Å². The van der Waals surface area contributed by atoms with Crippen LogP contribution in [0.15, 0.2) is 30.9 Å². The minimum Gasteiger partial charge on any atom is -0.324 e. The molecule has 2 N–H and O–H groups in total. The maximum absolute atomic E-state index is 13.0. The summed E-state index contributed by atoms with van der Waals surface area (Å²) in [5.41, 5.74) is 5.69. The van der Waals surface area contributed by atoms with Gasteiger partial charge in [-0.05, 0) is 18.1 Å². The lowest BCUT2D eigenvalue weighted by Crippen LogP contribution is -2.09. The van der Waals surface area contributed by atoms with E-state index in [-0.39, 0.29) is 6.04 Å². The zero-order valence-corrected chi connectivity index (χ0v) is 8.02. The van der Waals surface area contributed by atoms with E-state index in [1.54, 1.807) is 6.08 Å². The lowest BCUT2D eigenvalue weighted by Gasteiger charge is -2.08. The molecule has 4 nitrogen and oxygen atoms in total. The van der Waals surface area contributed by atoms with E-state index in [1.807, 2.05) is 0 Å². The molecule has 0 unspecified atom stereocenters. The van der Waals surface area contributed by atoms with Crippen molar-refractivity contribution in [1.29, 1.82) is 0 Å². The van der Waals surface area contributed by atoms with E-state index in [4.69, 9.17) is 5.73 Å². The summed E-state index contributed by atoms with van der Waals surface area (Å²) in [4.78, 5) is 9.69. The van der Waals surface area contributed by atoms with E-state index in [0.29, 0.717) is 12.0 Å². The van der Waals surface area contributed by atoms with Crippen LogP contribution in [0.2, 0.25) is 0 Å². The zero-order chi connectivity index (χ0) is 11.4. The number of hydrogen-bond donors (Lipinski definition) is 1. The number of rotatable bonds is 4. The van der Waals surface area contributed by atoms with Gasteiger partial charge in [0.2, 0.25) is 5.82 Å². The molecule has 15 heavy (non-hydrogen) atoms. The molecule has 0 heterocycles. The second kappa shape index (κ2) is 4.65. The van der Waals surface area contributed by atoms with Crippen molar-refractivity contribution in [1.82, 2.24) is 0 Å². The van der Waals surface area contributed by atoms with E-state index in [1.165, 1.54) is 6.07 Å². The van der Waals surface area contributed by atoms with Gasteiger partial charge in [-0.2, -0.15) is 4.39 Å². The van der Waals surface area contributed by atoms with Crippen molar-refractivity contribution in [2.45, 2.75) is 12.5 Å². The Balaban J connectivity index is 3.06. The van der Waals surface area contributed by atoms with Gasteiger partial charge in [0, 0.05) is 12.1 Å². The van der Waals surface area contributed by atoms with Crippen LogP contribution in [0.5, 0.6) is 0 Å². The van der Waals surface area contributed by atoms with Gasteiger partial charge in [0.15, 0.2) is 0 Å². The fraction of sp³-hybridized carbons (Fsp3) is 0.200. The highest BCUT2D eigenvalue weighted by molar-refractivity contribution is 5.37. The lowest BCUT2D eigenvalue weighted by molar-refractivity contribution is -0.387. The Bertz CT molecular complexity index is 393. The third kappa shape index (κ3) is 2.60. The zero-order valence-electron chi connectivity index (χ0n) is 8.02. The van der Waals surface area contributed by atoms with Crippen LogP contribution >= 0.6 is 0 Å². The van der Waals surface area contributed by atoms with E-state index in [0.717, 1.165) is 12.1 Å². The van der Waals surface area contributed by atoms with Crippen LogP contribution in [-0.2, 0) is 0 Å². The summed E-state index contributed by atoms with van der Waals surface area (Å²) in [5.74, 6) is -0.852. The van der Waals surface area contributed by atoms with Gasteiger partial charge in [0.1, 0.15) is 0 Å². The summed E-state index contributed by atoms with van der Waals surface area (Å²) in [5, 5.41) is 10.5. The summed E-state index contributed by atoms with van der Waals surface area (Å²) in [6.07, 6.45) is 2.10. The number of halogens is 1. The average molecular weight is 210 g/mol. The normalized spacial score (nSPS) is 12.1. The molecular weight excluding hydrogens is 199 g/mol. The number of hydrogen-bond acceptors (Lipinski definition) is 3. The molecular formula is C10H11FN2O2. The average Bonchev–Trinajstić information content (AvgIpc) is 2.18. The third-order valence-electron chi connectivity index (χ3n) is 2.02. The minimum atomic E-state index is -0.852. The molecule has 0 spiro atoms. The minimum absolute atomic E-state index is 0.387. The molecule has 1 aromatic carbocycles. The van der Waals surface area contributed by atoms with Crippen molar-refractivity contribution in [3.63, 3.8) is 0 Å². The van der Waals surface area contributed by atoms with E-state index >= 15 is 0 Å². The Morgan fingerprint density at radius 2 is 2.33 bits per heavy atom. The monoisotopic (exact) mass is 210 g/mol. The van der Waals surface area contributed by atoms with Crippen LogP contribution in [0, 0.1) is 15.9 Å². The molecule has 0 aliphatic carbocycles. The molecule has 1 rings (SSSR count). The van der Waals surface area contributed by atoms with Gasteiger partial charge in [-0.3, -0.25) is 10.1 Å². The van der Waals surface area contributed by atoms with Crippen LogP contribution in [-0.4, -0.2) is 4.92 Å². The van der Waals surface area contributed by atoms with Crippen molar-refractivity contribution in [2.75, 3.05) is 0 Å². The second-order valence-corrected chi connectivity index (χ2v) is 3.10. The molecule has 80 valence electrons. The highest BCUT2D eigenvalue weighted by Crippen LogP contribution is 2.23. The molecule has 0 aliphatic rings. The summed E-state index contributed by atoms with van der Waals surface area (Å²) in [7, 11) is 0. The van der Waals surface area contributed by atoms with E-state index in [9.17, 15) is 14.5 Å². The SMILES string of the molecule is C=CC[C@H](N)c1ccc(F)c([N+](=O)[O-])c1. The summed E-state index contributed by atoms with van der Waals surface area (Å²) in [6.45, 7) is 3.51. The number of nitro groups is 1. The van der Waals surface area contributed by atoms with Crippen molar-refractivity contribution >= 4 is 5.69 Å². The largest absolute Gasteiger partial charge is 0.324 e. The summed E-state index contributed by atoms with van der Waals surface area (Å²) >= 11 is 0. The number of nitrogens with two attached hydrogens (primary N) is 1. The Labute approximate surface area is 86.4 Å². The first-order valence-electron chi connectivity index (χ1n) is 4.36. The fourth-order valence-corrected chi connectivity index (χ4v) is 1.22.